The summed E-state index contributed by atoms with van der Waals surface area (Å²) in [6.07, 6.45) is 2.00. The van der Waals surface area contributed by atoms with Crippen LogP contribution in [0.3, 0.4) is 0 Å². The standard InChI is InChI=1S/C17H20O4/c1-13(10-11-14-8-6-5-7-9-14)12-17(2,15(18)20-3)16(19)21-4/h5-9,11H,12H2,1-4H3. The topological polar surface area (TPSA) is 52.6 Å². The number of hydrogen-bond donors (Lipinski definition) is 0. The smallest absolute Gasteiger partial charge is 0.323 e. The molecule has 0 aliphatic carbocycles. The summed E-state index contributed by atoms with van der Waals surface area (Å²) < 4.78 is 9.42. The SMILES string of the molecule is COC(=O)C(C)(CC(C)=C=Cc1ccccc1)C(=O)OC. The van der Waals surface area contributed by atoms with Crippen molar-refractivity contribution in [3.05, 3.63) is 47.2 Å². The van der Waals surface area contributed by atoms with Crippen LogP contribution < -0.4 is 0 Å². The van der Waals surface area contributed by atoms with Crippen LogP contribution in [0.4, 0.5) is 0 Å². The van der Waals surface area contributed by atoms with Crippen LogP contribution in [0.15, 0.2) is 41.6 Å². The molecule has 0 aliphatic heterocycles. The molecule has 0 saturated heterocycles. The van der Waals surface area contributed by atoms with Gasteiger partial charge in [0, 0.05) is 6.42 Å². The molecule has 0 unspecified atom stereocenters. The van der Waals surface area contributed by atoms with Gasteiger partial charge in [-0.15, -0.1) is 5.73 Å². The second-order valence-electron chi connectivity index (χ2n) is 4.97. The summed E-state index contributed by atoms with van der Waals surface area (Å²) in [6.45, 7) is 3.32. The van der Waals surface area contributed by atoms with Crippen LogP contribution in [-0.4, -0.2) is 26.2 Å². The lowest BCUT2D eigenvalue weighted by molar-refractivity contribution is -0.167. The molecule has 1 aromatic carbocycles. The zero-order valence-electron chi connectivity index (χ0n) is 12.8. The Kier molecular flexibility index (Phi) is 5.94. The first kappa shape index (κ1) is 16.7. The van der Waals surface area contributed by atoms with Crippen LogP contribution in [-0.2, 0) is 19.1 Å². The molecule has 1 aromatic rings. The number of benzene rings is 1. The minimum Gasteiger partial charge on any atom is -0.468 e. The normalized spacial score (nSPS) is 10.3. The van der Waals surface area contributed by atoms with Crippen molar-refractivity contribution in [3.63, 3.8) is 0 Å². The number of ether oxygens (including phenoxy) is 2. The fraction of sp³-hybridized carbons (Fsp3) is 0.353. The maximum absolute atomic E-state index is 11.9. The Morgan fingerprint density at radius 1 is 1.14 bits per heavy atom. The predicted molar refractivity (Wildman–Crippen MR) is 80.4 cm³/mol. The number of esters is 2. The van der Waals surface area contributed by atoms with Gasteiger partial charge in [-0.3, -0.25) is 9.59 Å². The summed E-state index contributed by atoms with van der Waals surface area (Å²) in [6, 6.07) is 9.67. The Morgan fingerprint density at radius 3 is 2.14 bits per heavy atom. The summed E-state index contributed by atoms with van der Waals surface area (Å²) in [5.41, 5.74) is 3.49. The third-order valence-electron chi connectivity index (χ3n) is 3.18. The molecule has 0 amide bonds. The van der Waals surface area contributed by atoms with Crippen molar-refractivity contribution in [2.75, 3.05) is 14.2 Å². The van der Waals surface area contributed by atoms with Crippen LogP contribution in [0, 0.1) is 5.41 Å². The second kappa shape index (κ2) is 7.46. The predicted octanol–water partition coefficient (Wildman–Crippen LogP) is 2.99. The molecule has 0 N–H and O–H groups in total. The van der Waals surface area contributed by atoms with Gasteiger partial charge in [-0.25, -0.2) is 0 Å². The monoisotopic (exact) mass is 288 g/mol. The van der Waals surface area contributed by atoms with Crippen molar-refractivity contribution in [1.82, 2.24) is 0 Å². The molecule has 0 bridgehead atoms. The minimum absolute atomic E-state index is 0.190. The molecule has 0 radical (unpaired) electrons. The molecule has 0 saturated carbocycles. The lowest BCUT2D eigenvalue weighted by atomic mass is 9.84. The van der Waals surface area contributed by atoms with E-state index in [4.69, 9.17) is 9.47 Å². The Bertz CT molecular complexity index is 550. The molecule has 0 spiro atoms. The van der Waals surface area contributed by atoms with Gasteiger partial charge in [0.2, 0.25) is 0 Å². The maximum Gasteiger partial charge on any atom is 0.323 e. The summed E-state index contributed by atoms with van der Waals surface area (Å²) in [7, 11) is 2.50. The Hall–Kier alpha value is -2.32. The van der Waals surface area contributed by atoms with Crippen molar-refractivity contribution < 1.29 is 19.1 Å². The summed E-state index contributed by atoms with van der Waals surface area (Å²) >= 11 is 0. The van der Waals surface area contributed by atoms with E-state index >= 15 is 0 Å². The quantitative estimate of drug-likeness (QED) is 0.475. The van der Waals surface area contributed by atoms with Crippen molar-refractivity contribution in [2.45, 2.75) is 20.3 Å². The van der Waals surface area contributed by atoms with Crippen molar-refractivity contribution in [3.8, 4) is 0 Å². The van der Waals surface area contributed by atoms with Gasteiger partial charge in [0.05, 0.1) is 14.2 Å². The molecular formula is C17H20O4. The highest BCUT2D eigenvalue weighted by molar-refractivity contribution is 5.99. The highest BCUT2D eigenvalue weighted by Crippen LogP contribution is 2.28. The molecule has 0 aliphatic rings. The van der Waals surface area contributed by atoms with Crippen LogP contribution in [0.25, 0.3) is 6.08 Å². The maximum atomic E-state index is 11.9. The Morgan fingerprint density at radius 2 is 1.67 bits per heavy atom. The molecule has 0 atom stereocenters. The number of carbonyl (C=O) groups is 2. The van der Waals surface area contributed by atoms with E-state index in [1.54, 1.807) is 0 Å². The van der Waals surface area contributed by atoms with E-state index in [0.29, 0.717) is 0 Å². The van der Waals surface area contributed by atoms with Crippen molar-refractivity contribution >= 4 is 18.0 Å². The largest absolute Gasteiger partial charge is 0.468 e. The first-order valence-corrected chi connectivity index (χ1v) is 6.58. The number of carbonyl (C=O) groups excluding carboxylic acids is 2. The van der Waals surface area contributed by atoms with Crippen molar-refractivity contribution in [1.29, 1.82) is 0 Å². The molecule has 112 valence electrons. The highest BCUT2D eigenvalue weighted by atomic mass is 16.5. The van der Waals surface area contributed by atoms with E-state index in [2.05, 4.69) is 5.73 Å². The lowest BCUT2D eigenvalue weighted by Crippen LogP contribution is -2.38. The van der Waals surface area contributed by atoms with Gasteiger partial charge in [0.25, 0.3) is 0 Å². The van der Waals surface area contributed by atoms with E-state index in [1.165, 1.54) is 21.1 Å². The molecule has 4 nitrogen and oxygen atoms in total. The molecule has 1 rings (SSSR count). The molecule has 0 fully saturated rings. The van der Waals surface area contributed by atoms with E-state index in [9.17, 15) is 9.59 Å². The second-order valence-corrected chi connectivity index (χ2v) is 4.97. The summed E-state index contributed by atoms with van der Waals surface area (Å²) in [4.78, 5) is 23.7. The van der Waals surface area contributed by atoms with Gasteiger partial charge < -0.3 is 9.47 Å². The van der Waals surface area contributed by atoms with E-state index in [0.717, 1.165) is 11.1 Å². The van der Waals surface area contributed by atoms with Crippen LogP contribution in [0.5, 0.6) is 0 Å². The van der Waals surface area contributed by atoms with E-state index in [-0.39, 0.29) is 6.42 Å². The average molecular weight is 288 g/mol. The van der Waals surface area contributed by atoms with E-state index in [1.807, 2.05) is 43.3 Å². The number of methoxy groups -OCH3 is 2. The van der Waals surface area contributed by atoms with Gasteiger partial charge in [0.15, 0.2) is 5.41 Å². The number of rotatable bonds is 5. The average Bonchev–Trinajstić information content (AvgIpc) is 2.52. The molecule has 4 heteroatoms. The zero-order valence-corrected chi connectivity index (χ0v) is 12.8. The summed E-state index contributed by atoms with van der Waals surface area (Å²) in [5.74, 6) is -1.23. The van der Waals surface area contributed by atoms with Crippen molar-refractivity contribution in [2.24, 2.45) is 5.41 Å². The third kappa shape index (κ3) is 4.33. The Balaban J connectivity index is 3.01. The molecular weight excluding hydrogens is 268 g/mol. The van der Waals surface area contributed by atoms with Gasteiger partial charge in [-0.1, -0.05) is 30.3 Å². The first-order chi connectivity index (χ1) is 9.93. The molecule has 0 heterocycles. The number of hydrogen-bond acceptors (Lipinski definition) is 4. The van der Waals surface area contributed by atoms with Crippen LogP contribution in [0.1, 0.15) is 25.8 Å². The third-order valence-corrected chi connectivity index (χ3v) is 3.18. The van der Waals surface area contributed by atoms with E-state index < -0.39 is 17.4 Å². The first-order valence-electron chi connectivity index (χ1n) is 6.58. The minimum atomic E-state index is -1.36. The zero-order chi connectivity index (χ0) is 15.9. The van der Waals surface area contributed by atoms with Gasteiger partial charge in [-0.05, 0) is 31.1 Å². The number of allylic oxidation sites excluding steroid dienone is 1. The Labute approximate surface area is 125 Å². The van der Waals surface area contributed by atoms with Gasteiger partial charge in [-0.2, -0.15) is 0 Å². The fourth-order valence-electron chi connectivity index (χ4n) is 2.02. The molecule has 0 aromatic heterocycles. The van der Waals surface area contributed by atoms with Crippen LogP contribution in [0.2, 0.25) is 0 Å². The highest BCUT2D eigenvalue weighted by Gasteiger charge is 2.43. The van der Waals surface area contributed by atoms with Gasteiger partial charge >= 0.3 is 11.9 Å². The lowest BCUT2D eigenvalue weighted by Gasteiger charge is -2.23. The molecule has 21 heavy (non-hydrogen) atoms. The van der Waals surface area contributed by atoms with Gasteiger partial charge in [0.1, 0.15) is 0 Å². The summed E-state index contributed by atoms with van der Waals surface area (Å²) in [5, 5.41) is 0. The fourth-order valence-corrected chi connectivity index (χ4v) is 2.02. The van der Waals surface area contributed by atoms with Crippen LogP contribution >= 0.6 is 0 Å².